The minimum Gasteiger partial charge on any atom is -1.00 e. The molecule has 0 radical (unpaired) electrons. The molecule has 5 heteroatoms. The Hall–Kier alpha value is -0.320. The molecular formula is C4H9F4N. The second kappa shape index (κ2) is 4.55. The van der Waals surface area contributed by atoms with E-state index < -0.39 is 12.6 Å². The van der Waals surface area contributed by atoms with Crippen molar-refractivity contribution in [3.63, 3.8) is 0 Å². The smallest absolute Gasteiger partial charge is 0.389 e. The van der Waals surface area contributed by atoms with Crippen LogP contribution in [0.15, 0.2) is 0 Å². The molecule has 9 heavy (non-hydrogen) atoms. The second-order valence-electron chi connectivity index (χ2n) is 1.57. The van der Waals surface area contributed by atoms with Gasteiger partial charge in [0.05, 0.1) is 6.54 Å². The fourth-order valence-corrected chi connectivity index (χ4v) is 0.325. The van der Waals surface area contributed by atoms with Crippen LogP contribution in [0.2, 0.25) is 0 Å². The predicted octanol–water partition coefficient (Wildman–Crippen LogP) is -2.43. The second-order valence-corrected chi connectivity index (χ2v) is 1.57. The summed E-state index contributed by atoms with van der Waals surface area (Å²) in [6, 6.07) is 0. The van der Waals surface area contributed by atoms with Gasteiger partial charge in [-0.3, -0.25) is 0 Å². The van der Waals surface area contributed by atoms with Gasteiger partial charge < -0.3 is 10.4 Å². The summed E-state index contributed by atoms with van der Waals surface area (Å²) < 4.78 is 33.6. The number of hydrogen-bond acceptors (Lipinski definition) is 0. The van der Waals surface area contributed by atoms with Crippen LogP contribution in [-0.2, 0) is 0 Å². The number of hydrogen-bond donors (Lipinski definition) is 1. The Morgan fingerprint density at radius 1 is 1.22 bits per heavy atom. The summed E-state index contributed by atoms with van der Waals surface area (Å²) in [6.45, 7) is 0.361. The summed E-state index contributed by atoms with van der Waals surface area (Å²) in [5.74, 6) is 0. The fourth-order valence-electron chi connectivity index (χ4n) is 0.325. The van der Waals surface area contributed by atoms with E-state index >= 15 is 0 Å². The Bertz CT molecular complexity index is 60.1. The van der Waals surface area contributed by atoms with Gasteiger partial charge in [-0.15, -0.1) is 0 Å². The maximum Gasteiger partial charge on any atom is 0.389 e. The van der Waals surface area contributed by atoms with E-state index in [4.69, 9.17) is 0 Å². The van der Waals surface area contributed by atoms with Gasteiger partial charge in [0.25, 0.3) is 0 Å². The molecule has 0 spiro atoms. The lowest BCUT2D eigenvalue weighted by Gasteiger charge is -2.01. The molecule has 0 aliphatic carbocycles. The highest BCUT2D eigenvalue weighted by Crippen LogP contribution is 2.20. The Morgan fingerprint density at radius 2 is 1.67 bits per heavy atom. The van der Waals surface area contributed by atoms with Gasteiger partial charge in [-0.05, 0) is 0 Å². The lowest BCUT2D eigenvalue weighted by Crippen LogP contribution is -3.00. The van der Waals surface area contributed by atoms with Crippen LogP contribution in [0.5, 0.6) is 0 Å². The van der Waals surface area contributed by atoms with Crippen LogP contribution in [0.4, 0.5) is 13.2 Å². The van der Waals surface area contributed by atoms with Crippen LogP contribution in [-0.4, -0.2) is 12.7 Å². The third-order valence-corrected chi connectivity index (χ3v) is 0.710. The number of rotatable bonds is 2. The zero-order valence-electron chi connectivity index (χ0n) is 4.84. The minimum atomic E-state index is -3.99. The maximum atomic E-state index is 11.2. The van der Waals surface area contributed by atoms with Crippen molar-refractivity contribution in [3.05, 3.63) is 0 Å². The zero-order chi connectivity index (χ0) is 6.62. The van der Waals surface area contributed by atoms with Gasteiger partial charge in [0.2, 0.25) is 0 Å². The molecule has 0 aliphatic rings. The SMILES string of the molecule is [F-].[NH3+]CCCC(F)(F)F. The van der Waals surface area contributed by atoms with Gasteiger partial charge in [0.15, 0.2) is 0 Å². The van der Waals surface area contributed by atoms with E-state index in [0.717, 1.165) is 0 Å². The molecule has 0 rings (SSSR count). The Labute approximate surface area is 50.4 Å². The molecule has 0 saturated heterocycles. The highest BCUT2D eigenvalue weighted by atomic mass is 19.4. The average molecular weight is 147 g/mol. The van der Waals surface area contributed by atoms with Gasteiger partial charge in [0, 0.05) is 12.8 Å². The van der Waals surface area contributed by atoms with Crippen molar-refractivity contribution in [1.29, 1.82) is 0 Å². The van der Waals surface area contributed by atoms with Crippen molar-refractivity contribution < 1.29 is 23.6 Å². The number of quaternary nitrogens is 1. The molecule has 0 unspecified atom stereocenters. The molecule has 0 saturated carbocycles. The van der Waals surface area contributed by atoms with Crippen molar-refractivity contribution in [3.8, 4) is 0 Å². The standard InChI is InChI=1S/C4H8F3N.FH/c5-4(6,7)2-1-3-8;/h1-3,8H2;1H. The quantitative estimate of drug-likeness (QED) is 0.421. The average Bonchev–Trinajstić information content (AvgIpc) is 1.59. The lowest BCUT2D eigenvalue weighted by molar-refractivity contribution is -0.370. The topological polar surface area (TPSA) is 27.6 Å². The molecule has 0 atom stereocenters. The van der Waals surface area contributed by atoms with Gasteiger partial charge in [-0.25, -0.2) is 0 Å². The molecular weight excluding hydrogens is 138 g/mol. The van der Waals surface area contributed by atoms with E-state index in [0.29, 0.717) is 6.54 Å². The van der Waals surface area contributed by atoms with Crippen LogP contribution < -0.4 is 10.4 Å². The van der Waals surface area contributed by atoms with E-state index in [1.165, 1.54) is 0 Å². The molecule has 0 aliphatic heterocycles. The molecule has 3 N–H and O–H groups in total. The van der Waals surface area contributed by atoms with Crippen LogP contribution in [0, 0.1) is 0 Å². The molecule has 0 aromatic heterocycles. The van der Waals surface area contributed by atoms with Gasteiger partial charge in [-0.1, -0.05) is 0 Å². The lowest BCUT2D eigenvalue weighted by atomic mass is 10.3. The summed E-state index contributed by atoms with van der Waals surface area (Å²) >= 11 is 0. The summed E-state index contributed by atoms with van der Waals surface area (Å²) in [6.07, 6.45) is -4.54. The van der Waals surface area contributed by atoms with Crippen molar-refractivity contribution in [2.45, 2.75) is 19.0 Å². The van der Waals surface area contributed by atoms with E-state index in [1.807, 2.05) is 0 Å². The van der Waals surface area contributed by atoms with Crippen molar-refractivity contribution in [2.24, 2.45) is 0 Å². The first kappa shape index (κ1) is 11.5. The number of alkyl halides is 3. The molecule has 0 aromatic rings. The molecule has 0 fully saturated rings. The third kappa shape index (κ3) is 11.3. The normalized spacial score (nSPS) is 10.7. The fraction of sp³-hybridized carbons (Fsp3) is 1.00. The molecule has 0 amide bonds. The predicted molar refractivity (Wildman–Crippen MR) is 23.0 cm³/mol. The van der Waals surface area contributed by atoms with E-state index in [9.17, 15) is 13.2 Å². The van der Waals surface area contributed by atoms with Gasteiger partial charge in [0.1, 0.15) is 0 Å². The van der Waals surface area contributed by atoms with Crippen LogP contribution in [0.25, 0.3) is 0 Å². The molecule has 0 bridgehead atoms. The monoisotopic (exact) mass is 147 g/mol. The summed E-state index contributed by atoms with van der Waals surface area (Å²) in [4.78, 5) is 0. The molecule has 58 valence electrons. The van der Waals surface area contributed by atoms with E-state index in [1.54, 1.807) is 0 Å². The number of halogens is 4. The third-order valence-electron chi connectivity index (χ3n) is 0.710. The highest BCUT2D eigenvalue weighted by molar-refractivity contribution is 4.47. The molecule has 0 heterocycles. The van der Waals surface area contributed by atoms with Gasteiger partial charge in [-0.2, -0.15) is 13.2 Å². The van der Waals surface area contributed by atoms with E-state index in [2.05, 4.69) is 5.73 Å². The molecule has 1 nitrogen and oxygen atoms in total. The highest BCUT2D eigenvalue weighted by Gasteiger charge is 2.25. The summed E-state index contributed by atoms with van der Waals surface area (Å²) in [7, 11) is 0. The summed E-state index contributed by atoms with van der Waals surface area (Å²) in [5.41, 5.74) is 3.29. The zero-order valence-corrected chi connectivity index (χ0v) is 4.84. The van der Waals surface area contributed by atoms with Gasteiger partial charge >= 0.3 is 6.18 Å². The van der Waals surface area contributed by atoms with Crippen LogP contribution in [0.1, 0.15) is 12.8 Å². The first-order chi connectivity index (χ1) is 3.56. The van der Waals surface area contributed by atoms with Crippen molar-refractivity contribution in [1.82, 2.24) is 0 Å². The summed E-state index contributed by atoms with van der Waals surface area (Å²) in [5, 5.41) is 0. The largest absolute Gasteiger partial charge is 1.00 e. The molecule has 0 aromatic carbocycles. The maximum absolute atomic E-state index is 11.2. The van der Waals surface area contributed by atoms with E-state index in [-0.39, 0.29) is 11.1 Å². The van der Waals surface area contributed by atoms with Crippen molar-refractivity contribution >= 4 is 0 Å². The Morgan fingerprint density at radius 3 is 1.78 bits per heavy atom. The first-order valence-electron chi connectivity index (χ1n) is 2.42. The minimum absolute atomic E-state index is 0. The Kier molecular flexibility index (Phi) is 5.80. The first-order valence-corrected chi connectivity index (χ1v) is 2.42. The van der Waals surface area contributed by atoms with Crippen LogP contribution in [0.3, 0.4) is 0 Å². The van der Waals surface area contributed by atoms with Crippen molar-refractivity contribution in [2.75, 3.05) is 6.54 Å². The van der Waals surface area contributed by atoms with Crippen LogP contribution >= 0.6 is 0 Å². The Balaban J connectivity index is 0.